The van der Waals surface area contributed by atoms with E-state index in [4.69, 9.17) is 0 Å². The third-order valence-electron chi connectivity index (χ3n) is 2.71. The lowest BCUT2D eigenvalue weighted by atomic mass is 10.3. The van der Waals surface area contributed by atoms with Gasteiger partial charge in [-0.25, -0.2) is 13.1 Å². The lowest BCUT2D eigenvalue weighted by Gasteiger charge is -2.07. The molecule has 2 rings (SSSR count). The summed E-state index contributed by atoms with van der Waals surface area (Å²) < 4.78 is 27.1. The molecule has 0 aliphatic heterocycles. The van der Waals surface area contributed by atoms with E-state index in [1.165, 1.54) is 11.3 Å². The van der Waals surface area contributed by atoms with Crippen LogP contribution in [0.25, 0.3) is 0 Å². The van der Waals surface area contributed by atoms with E-state index >= 15 is 0 Å². The van der Waals surface area contributed by atoms with Gasteiger partial charge < -0.3 is 5.32 Å². The summed E-state index contributed by atoms with van der Waals surface area (Å²) in [6.07, 6.45) is 2.54. The molecular weight excluding hydrogens is 296 g/mol. The molecule has 3 N–H and O–H groups in total. The highest BCUT2D eigenvalue weighted by Gasteiger charge is 2.20. The summed E-state index contributed by atoms with van der Waals surface area (Å²) in [5.74, 6) is 0. The molecule has 0 radical (unpaired) electrons. The fourth-order valence-corrected chi connectivity index (χ4v) is 3.58. The molecule has 110 valence electrons. The molecule has 0 fully saturated rings. The van der Waals surface area contributed by atoms with Crippen molar-refractivity contribution in [3.63, 3.8) is 0 Å². The summed E-state index contributed by atoms with van der Waals surface area (Å²) >= 11 is 1.52. The Morgan fingerprint density at radius 3 is 2.95 bits per heavy atom. The van der Waals surface area contributed by atoms with Gasteiger partial charge in [0.1, 0.15) is 0 Å². The summed E-state index contributed by atoms with van der Waals surface area (Å²) in [5, 5.41) is 11.6. The molecule has 0 unspecified atom stereocenters. The number of sulfonamides is 1. The standard InChI is InChI=1S/C12H18N4O2S2/c1-2-5-13-7-10-8-14-16-12(10)20(17,18)15-9-11-4-3-6-19-11/h3-4,6,8,13,15H,2,5,7,9H2,1H3,(H,14,16). The van der Waals surface area contributed by atoms with Crippen molar-refractivity contribution in [2.24, 2.45) is 0 Å². The van der Waals surface area contributed by atoms with Gasteiger partial charge >= 0.3 is 0 Å². The number of H-pyrrole nitrogens is 1. The average molecular weight is 314 g/mol. The van der Waals surface area contributed by atoms with E-state index in [-0.39, 0.29) is 5.03 Å². The van der Waals surface area contributed by atoms with Gasteiger partial charge in [0.25, 0.3) is 10.0 Å². The van der Waals surface area contributed by atoms with Crippen molar-refractivity contribution in [1.29, 1.82) is 0 Å². The van der Waals surface area contributed by atoms with Gasteiger partial charge in [0, 0.05) is 23.5 Å². The van der Waals surface area contributed by atoms with Crippen LogP contribution in [-0.4, -0.2) is 25.2 Å². The Bertz CT molecular complexity index is 620. The zero-order valence-corrected chi connectivity index (χ0v) is 12.9. The molecule has 2 aromatic rings. The van der Waals surface area contributed by atoms with E-state index < -0.39 is 10.0 Å². The molecule has 0 aliphatic carbocycles. The predicted octanol–water partition coefficient (Wildman–Crippen LogP) is 1.45. The molecule has 0 amide bonds. The zero-order valence-electron chi connectivity index (χ0n) is 11.2. The number of thiophene rings is 1. The van der Waals surface area contributed by atoms with Crippen LogP contribution in [-0.2, 0) is 23.1 Å². The maximum atomic E-state index is 12.2. The third kappa shape index (κ3) is 3.89. The second-order valence-electron chi connectivity index (χ2n) is 4.31. The first kappa shape index (κ1) is 15.2. The molecule has 0 aliphatic rings. The van der Waals surface area contributed by atoms with Crippen molar-refractivity contribution in [2.45, 2.75) is 31.5 Å². The van der Waals surface area contributed by atoms with Gasteiger partial charge in [0.2, 0.25) is 0 Å². The van der Waals surface area contributed by atoms with E-state index in [0.29, 0.717) is 18.7 Å². The maximum absolute atomic E-state index is 12.2. The first-order chi connectivity index (χ1) is 9.63. The van der Waals surface area contributed by atoms with Crippen molar-refractivity contribution in [3.05, 3.63) is 34.2 Å². The van der Waals surface area contributed by atoms with Crippen LogP contribution in [0.5, 0.6) is 0 Å². The number of rotatable bonds is 8. The Morgan fingerprint density at radius 1 is 1.40 bits per heavy atom. The minimum Gasteiger partial charge on any atom is -0.313 e. The smallest absolute Gasteiger partial charge is 0.258 e. The molecule has 6 nitrogen and oxygen atoms in total. The van der Waals surface area contributed by atoms with Crippen LogP contribution in [0.4, 0.5) is 0 Å². The molecule has 0 bridgehead atoms. The lowest BCUT2D eigenvalue weighted by Crippen LogP contribution is -2.25. The molecule has 2 heterocycles. The van der Waals surface area contributed by atoms with Crippen LogP contribution in [0.3, 0.4) is 0 Å². The summed E-state index contributed by atoms with van der Waals surface area (Å²) in [6, 6.07) is 3.79. The van der Waals surface area contributed by atoms with E-state index in [2.05, 4.69) is 27.2 Å². The van der Waals surface area contributed by atoms with Gasteiger partial charge in [-0.3, -0.25) is 5.10 Å². The Morgan fingerprint density at radius 2 is 2.25 bits per heavy atom. The average Bonchev–Trinajstić information content (AvgIpc) is 3.08. The van der Waals surface area contributed by atoms with E-state index in [1.54, 1.807) is 6.20 Å². The SMILES string of the molecule is CCCNCc1cn[nH]c1S(=O)(=O)NCc1cccs1. The van der Waals surface area contributed by atoms with Crippen LogP contribution >= 0.6 is 11.3 Å². The highest BCUT2D eigenvalue weighted by Crippen LogP contribution is 2.14. The van der Waals surface area contributed by atoms with E-state index in [1.807, 2.05) is 17.5 Å². The van der Waals surface area contributed by atoms with Gasteiger partial charge in [-0.05, 0) is 24.4 Å². The molecule has 8 heteroatoms. The first-order valence-electron chi connectivity index (χ1n) is 6.38. The van der Waals surface area contributed by atoms with Crippen molar-refractivity contribution >= 4 is 21.4 Å². The fourth-order valence-electron chi connectivity index (χ4n) is 1.71. The van der Waals surface area contributed by atoms with Crippen LogP contribution < -0.4 is 10.0 Å². The molecule has 20 heavy (non-hydrogen) atoms. The number of hydrogen-bond acceptors (Lipinski definition) is 5. The van der Waals surface area contributed by atoms with Gasteiger partial charge in [-0.15, -0.1) is 11.3 Å². The summed E-state index contributed by atoms with van der Waals surface area (Å²) in [7, 11) is -3.56. The summed E-state index contributed by atoms with van der Waals surface area (Å²) in [4.78, 5) is 0.971. The normalized spacial score (nSPS) is 11.8. The number of nitrogens with one attached hydrogen (secondary N) is 3. The van der Waals surface area contributed by atoms with Crippen LogP contribution in [0.15, 0.2) is 28.7 Å². The van der Waals surface area contributed by atoms with Crippen molar-refractivity contribution in [1.82, 2.24) is 20.2 Å². The lowest BCUT2D eigenvalue weighted by molar-refractivity contribution is 0.574. The second kappa shape index (κ2) is 6.98. The van der Waals surface area contributed by atoms with Crippen molar-refractivity contribution < 1.29 is 8.42 Å². The zero-order chi connectivity index (χ0) is 14.4. The van der Waals surface area contributed by atoms with Crippen LogP contribution in [0.1, 0.15) is 23.8 Å². The first-order valence-corrected chi connectivity index (χ1v) is 8.74. The van der Waals surface area contributed by atoms with Crippen LogP contribution in [0.2, 0.25) is 0 Å². The summed E-state index contributed by atoms with van der Waals surface area (Å²) in [5.41, 5.74) is 0.650. The van der Waals surface area contributed by atoms with Gasteiger partial charge in [-0.2, -0.15) is 5.10 Å². The van der Waals surface area contributed by atoms with E-state index in [9.17, 15) is 8.42 Å². The minimum absolute atomic E-state index is 0.137. The second-order valence-corrected chi connectivity index (χ2v) is 7.04. The molecular formula is C12H18N4O2S2. The number of nitrogens with zero attached hydrogens (tertiary/aromatic N) is 1. The quantitative estimate of drug-likeness (QED) is 0.644. The van der Waals surface area contributed by atoms with Crippen molar-refractivity contribution in [2.75, 3.05) is 6.54 Å². The van der Waals surface area contributed by atoms with Gasteiger partial charge in [0.15, 0.2) is 5.03 Å². The van der Waals surface area contributed by atoms with Crippen molar-refractivity contribution in [3.8, 4) is 0 Å². The Balaban J connectivity index is 2.03. The number of aromatic amines is 1. The van der Waals surface area contributed by atoms with Gasteiger partial charge in [-0.1, -0.05) is 13.0 Å². The monoisotopic (exact) mass is 314 g/mol. The Labute approximate surface area is 122 Å². The molecule has 2 aromatic heterocycles. The minimum atomic E-state index is -3.56. The fraction of sp³-hybridized carbons (Fsp3) is 0.417. The topological polar surface area (TPSA) is 86.9 Å². The van der Waals surface area contributed by atoms with E-state index in [0.717, 1.165) is 17.8 Å². The molecule has 0 saturated carbocycles. The maximum Gasteiger partial charge on any atom is 0.258 e. The largest absolute Gasteiger partial charge is 0.313 e. The Hall–Kier alpha value is -1.22. The molecule has 0 spiro atoms. The number of aromatic nitrogens is 2. The van der Waals surface area contributed by atoms with Crippen LogP contribution in [0, 0.1) is 0 Å². The molecule has 0 atom stereocenters. The van der Waals surface area contributed by atoms with Gasteiger partial charge in [0.05, 0.1) is 6.20 Å². The Kier molecular flexibility index (Phi) is 5.30. The highest BCUT2D eigenvalue weighted by molar-refractivity contribution is 7.89. The summed E-state index contributed by atoms with van der Waals surface area (Å²) in [6.45, 7) is 3.68. The highest BCUT2D eigenvalue weighted by atomic mass is 32.2. The number of hydrogen-bond donors (Lipinski definition) is 3. The predicted molar refractivity (Wildman–Crippen MR) is 78.9 cm³/mol. The molecule has 0 aromatic carbocycles. The third-order valence-corrected chi connectivity index (χ3v) is 5.00. The molecule has 0 saturated heterocycles.